The second-order valence-corrected chi connectivity index (χ2v) is 29.8. The molecule has 0 aliphatic rings. The van der Waals surface area contributed by atoms with Gasteiger partial charge in [0.05, 0.1) is 9.75 Å². The summed E-state index contributed by atoms with van der Waals surface area (Å²) in [7, 11) is 0. The first-order chi connectivity index (χ1) is 44.8. The van der Waals surface area contributed by atoms with E-state index in [1.807, 2.05) is 12.1 Å². The van der Waals surface area contributed by atoms with Gasteiger partial charge in [-0.25, -0.2) is 87.8 Å². The molecule has 0 fully saturated rings. The number of thiophene rings is 2. The van der Waals surface area contributed by atoms with Crippen molar-refractivity contribution >= 4 is 62.2 Å². The van der Waals surface area contributed by atoms with E-state index in [1.54, 1.807) is 22.7 Å². The molecule has 6 aromatic rings. The highest BCUT2D eigenvalue weighted by Crippen LogP contribution is 2.32. The van der Waals surface area contributed by atoms with Gasteiger partial charge in [-0.3, -0.25) is 9.59 Å². The Kier molecular flexibility index (Phi) is 33.4. The Bertz CT molecular complexity index is 3000. The summed E-state index contributed by atoms with van der Waals surface area (Å²) in [4.78, 5) is 27.5. The zero-order valence-electron chi connectivity index (χ0n) is 52.1. The van der Waals surface area contributed by atoms with Crippen LogP contribution >= 0.6 is 22.7 Å². The number of Topliss-reactive ketones (excluding diaryl/α,β-unsaturated/α-hetero) is 2. The van der Waals surface area contributed by atoms with Gasteiger partial charge in [0.2, 0.25) is 5.77 Å². The lowest BCUT2D eigenvalue weighted by Crippen LogP contribution is -3.61. The molecule has 4 aromatic carbocycles. The van der Waals surface area contributed by atoms with E-state index in [-0.39, 0.29) is 21.2 Å². The Morgan fingerprint density at radius 1 is 0.266 bits per heavy atom. The molecule has 0 aliphatic heterocycles. The molecule has 26 heteroatoms. The molecular formula is C68H74BF20IO2S2. The average molecular weight is 1510 g/mol. The van der Waals surface area contributed by atoms with E-state index in [9.17, 15) is 62.3 Å². The maximum Gasteiger partial charge on any atom is 0.381 e. The van der Waals surface area contributed by atoms with Crippen molar-refractivity contribution in [2.24, 2.45) is 0 Å². The number of carbonyl (C=O) groups is 2. The minimum atomic E-state index is -7.22. The van der Waals surface area contributed by atoms with Crippen LogP contribution in [-0.2, 0) is 0 Å². The molecule has 0 radical (unpaired) electrons. The predicted molar refractivity (Wildman–Crippen MR) is 323 cm³/mol. The lowest BCUT2D eigenvalue weighted by Gasteiger charge is -2.44. The monoisotopic (exact) mass is 1500 g/mol. The van der Waals surface area contributed by atoms with Gasteiger partial charge in [0.25, 0.3) is 0 Å². The van der Waals surface area contributed by atoms with Crippen LogP contribution in [0.15, 0.2) is 24.3 Å². The highest BCUT2D eigenvalue weighted by atomic mass is 127. The van der Waals surface area contributed by atoms with Crippen LogP contribution < -0.4 is 43.1 Å². The molecule has 520 valence electrons. The zero-order chi connectivity index (χ0) is 69.4. The topological polar surface area (TPSA) is 34.1 Å². The molecule has 2 heterocycles. The van der Waals surface area contributed by atoms with Gasteiger partial charge in [0.1, 0.15) is 52.7 Å². The molecule has 94 heavy (non-hydrogen) atoms. The minimum absolute atomic E-state index is 0.318. The van der Waals surface area contributed by atoms with Crippen molar-refractivity contribution < 1.29 is 119 Å². The van der Waals surface area contributed by atoms with Crippen LogP contribution in [0.5, 0.6) is 0 Å². The maximum atomic E-state index is 15.4. The molecule has 0 saturated heterocycles. The van der Waals surface area contributed by atoms with E-state index in [0.29, 0.717) is 24.4 Å². The van der Waals surface area contributed by atoms with Crippen LogP contribution in [0.4, 0.5) is 87.8 Å². The summed E-state index contributed by atoms with van der Waals surface area (Å²) in [6, 6.07) is 8.41. The van der Waals surface area contributed by atoms with Crippen molar-refractivity contribution in [1.29, 1.82) is 0 Å². The van der Waals surface area contributed by atoms with Crippen LogP contribution in [0.25, 0.3) is 0 Å². The van der Waals surface area contributed by atoms with Gasteiger partial charge in [-0.1, -0.05) is 216 Å². The first-order valence-electron chi connectivity index (χ1n) is 32.0. The molecule has 2 aromatic heterocycles. The third-order valence-electron chi connectivity index (χ3n) is 16.6. The van der Waals surface area contributed by atoms with E-state index in [0.717, 1.165) is 22.6 Å². The molecule has 0 aliphatic carbocycles. The van der Waals surface area contributed by atoms with E-state index in [2.05, 4.69) is 26.0 Å². The Labute approximate surface area is 553 Å². The van der Waals surface area contributed by atoms with Crippen molar-refractivity contribution in [2.45, 2.75) is 219 Å². The highest BCUT2D eigenvalue weighted by molar-refractivity contribution is 7.20. The predicted octanol–water partition coefficient (Wildman–Crippen LogP) is 18.7. The molecule has 0 amide bonds. The number of hydrogen-bond acceptors (Lipinski definition) is 4. The first-order valence-corrected chi connectivity index (χ1v) is 35.8. The quantitative estimate of drug-likeness (QED) is 0.00731. The third kappa shape index (κ3) is 20.1. The Morgan fingerprint density at radius 2 is 0.436 bits per heavy atom. The molecule has 0 bridgehead atoms. The molecule has 0 unspecified atom stereocenters. The molecule has 0 spiro atoms. The average Bonchev–Trinajstić information content (AvgIpc) is 0.774. The molecular weight excluding hydrogens is 1430 g/mol. The van der Waals surface area contributed by atoms with Gasteiger partial charge in [-0.2, -0.15) is 0 Å². The summed E-state index contributed by atoms with van der Waals surface area (Å²) in [5, 5.41) is 0. The number of rotatable bonds is 40. The van der Waals surface area contributed by atoms with Crippen molar-refractivity contribution in [1.82, 2.24) is 0 Å². The fourth-order valence-electron chi connectivity index (χ4n) is 11.6. The highest BCUT2D eigenvalue weighted by Gasteiger charge is 2.52. The second kappa shape index (κ2) is 39.4. The molecule has 0 N–H and O–H groups in total. The van der Waals surface area contributed by atoms with Crippen molar-refractivity contribution in [3.05, 3.63) is 156 Å². The van der Waals surface area contributed by atoms with E-state index >= 15 is 35.1 Å². The number of unbranched alkanes of at least 4 members (excludes halogenated alkanes) is 28. The van der Waals surface area contributed by atoms with Crippen molar-refractivity contribution in [2.75, 3.05) is 0 Å². The fraction of sp³-hybridized carbons (Fsp3) is 0.500. The van der Waals surface area contributed by atoms with Gasteiger partial charge in [-0.05, 0) is 25.0 Å². The number of carbonyl (C=O) groups excluding carboxylic acids is 2. The summed E-state index contributed by atoms with van der Waals surface area (Å²) >= 11 is 3.07. The van der Waals surface area contributed by atoms with E-state index < -0.39 is 144 Å². The first kappa shape index (κ1) is 79.7. The lowest BCUT2D eigenvalue weighted by molar-refractivity contribution is -0.585. The normalized spacial score (nSPS) is 11.7. The molecule has 0 saturated carbocycles. The molecule has 0 atom stereocenters. The second-order valence-electron chi connectivity index (χ2n) is 23.3. The van der Waals surface area contributed by atoms with Gasteiger partial charge in [0, 0.05) is 25.0 Å². The SMILES string of the molecule is CCCCCCCCCCCCCCCCCC(=O)c1ccc([I+]c2ccc(C(=O)CCCCCCCCCCCCCCCCC)s2)s1.Fc1c(F)c(F)c([B-](c2c(F)c(F)c(F)c(F)c2F)(c2c(F)c(F)c(F)c(F)c2F)c2c(F)c(F)c(F)c(F)c2F)c(F)c1F. The number of benzene rings is 4. The van der Waals surface area contributed by atoms with Crippen LogP contribution in [0, 0.1) is 122 Å². The van der Waals surface area contributed by atoms with Gasteiger partial charge < -0.3 is 0 Å². The fourth-order valence-corrected chi connectivity index (χ4v) is 17.8. The van der Waals surface area contributed by atoms with Crippen LogP contribution in [0.2, 0.25) is 0 Å². The van der Waals surface area contributed by atoms with Crippen molar-refractivity contribution in [3.8, 4) is 0 Å². The van der Waals surface area contributed by atoms with Crippen LogP contribution in [0.3, 0.4) is 0 Å². The number of halogens is 21. The Morgan fingerprint density at radius 3 is 0.628 bits per heavy atom. The summed E-state index contributed by atoms with van der Waals surface area (Å²) in [6.45, 7) is 4.57. The largest absolute Gasteiger partial charge is 0.381 e. The van der Waals surface area contributed by atoms with E-state index in [4.69, 9.17) is 0 Å². The summed E-state index contributed by atoms with van der Waals surface area (Å²) in [5.41, 5.74) is -14.3. The summed E-state index contributed by atoms with van der Waals surface area (Å²) in [5.74, 6) is -70.8. The summed E-state index contributed by atoms with van der Waals surface area (Å²) in [6.07, 6.45) is 34.7. The standard InChI is InChI=1S/C44H74IO2S2.C24BF20/c1-3-5-7-9-11-13-15-17-19-21-23-25-27-29-31-33-39(46)41-35-37-43(48-41)45-44-38-36-42(49-44)40(47)34-32-30-28-26-24-22-20-18-16-14-12-10-8-6-4-2;26-5-1(6(27)14(35)21(42)13(5)34)25(2-7(28)15(36)22(43)16(37)8(2)29,3-9(30)17(38)23(44)18(39)10(3)31)4-11(32)19(40)24(45)20(41)12(4)33/h35-38H,3-34H2,1-2H3;/q+1;-1. The van der Waals surface area contributed by atoms with Crippen LogP contribution in [-0.4, -0.2) is 17.7 Å². The summed E-state index contributed by atoms with van der Waals surface area (Å²) < 4.78 is 297. The van der Waals surface area contributed by atoms with Crippen molar-refractivity contribution in [3.63, 3.8) is 0 Å². The number of ketones is 2. The van der Waals surface area contributed by atoms with Gasteiger partial charge >= 0.3 is 21.2 Å². The lowest BCUT2D eigenvalue weighted by atomic mass is 9.12. The third-order valence-corrected chi connectivity index (χ3v) is 22.6. The van der Waals surface area contributed by atoms with Gasteiger partial charge in [0.15, 0.2) is 81.4 Å². The zero-order valence-corrected chi connectivity index (χ0v) is 55.9. The Balaban J connectivity index is 0.000000341. The molecule has 2 nitrogen and oxygen atoms in total. The van der Waals surface area contributed by atoms with Gasteiger partial charge in [-0.15, -0.1) is 21.9 Å². The smallest absolute Gasteiger partial charge is 0.293 e. The minimum Gasteiger partial charge on any atom is -0.293 e. The maximum absolute atomic E-state index is 15.4. The van der Waals surface area contributed by atoms with E-state index in [1.165, 1.54) is 186 Å². The molecule has 6 rings (SSSR count). The Hall–Kier alpha value is -4.99. The number of hydrogen-bond donors (Lipinski definition) is 0. The van der Waals surface area contributed by atoms with Crippen LogP contribution in [0.1, 0.15) is 239 Å².